The molecule has 0 amide bonds. The zero-order valence-electron chi connectivity index (χ0n) is 16.1. The highest BCUT2D eigenvalue weighted by Crippen LogP contribution is 2.28. The van der Waals surface area contributed by atoms with Crippen LogP contribution >= 0.6 is 48.0 Å². The van der Waals surface area contributed by atoms with E-state index in [4.69, 9.17) is 34.4 Å². The van der Waals surface area contributed by atoms with E-state index >= 15 is 0 Å². The van der Waals surface area contributed by atoms with Crippen LogP contribution in [-0.2, 0) is 4.74 Å². The van der Waals surface area contributed by atoms with Crippen LogP contribution < -0.4 is 0 Å². The molecule has 2 aromatic rings. The second-order valence-electron chi connectivity index (χ2n) is 6.68. The van der Waals surface area contributed by atoms with Crippen molar-refractivity contribution in [2.45, 2.75) is 6.10 Å². The molecule has 3 rings (SSSR count). The van der Waals surface area contributed by atoms with Crippen LogP contribution in [0.5, 0.6) is 0 Å². The fourth-order valence-electron chi connectivity index (χ4n) is 3.26. The van der Waals surface area contributed by atoms with Crippen molar-refractivity contribution in [1.82, 2.24) is 9.80 Å². The Morgan fingerprint density at radius 3 is 1.72 bits per heavy atom. The van der Waals surface area contributed by atoms with Crippen molar-refractivity contribution in [3.63, 3.8) is 0 Å². The Kier molecular flexibility index (Phi) is 12.0. The molecule has 2 aromatic carbocycles. The first kappa shape index (κ1) is 26.1. The molecule has 1 fully saturated rings. The van der Waals surface area contributed by atoms with E-state index in [2.05, 4.69) is 15.7 Å². The Bertz CT molecular complexity index is 708. The zero-order valence-corrected chi connectivity index (χ0v) is 19.2. The number of benzene rings is 2. The van der Waals surface area contributed by atoms with E-state index in [1.165, 1.54) is 0 Å². The van der Waals surface area contributed by atoms with Crippen molar-refractivity contribution < 1.29 is 4.74 Å². The number of terminal acetylenes is 1. The van der Waals surface area contributed by atoms with E-state index in [1.807, 2.05) is 48.5 Å². The Morgan fingerprint density at radius 2 is 1.28 bits per heavy atom. The third-order valence-corrected chi connectivity index (χ3v) is 5.32. The highest BCUT2D eigenvalue weighted by molar-refractivity contribution is 6.30. The molecular formula is C22H26Cl4N2O. The van der Waals surface area contributed by atoms with E-state index < -0.39 is 0 Å². The summed E-state index contributed by atoms with van der Waals surface area (Å²) in [6, 6.07) is 15.6. The van der Waals surface area contributed by atoms with Gasteiger partial charge in [0.25, 0.3) is 0 Å². The maximum absolute atomic E-state index is 6.30. The lowest BCUT2D eigenvalue weighted by Gasteiger charge is -2.33. The molecule has 0 N–H and O–H groups in total. The van der Waals surface area contributed by atoms with Gasteiger partial charge in [0.05, 0.1) is 13.2 Å². The molecule has 0 atom stereocenters. The number of nitrogens with zero attached hydrogens (tertiary/aromatic N) is 2. The van der Waals surface area contributed by atoms with Gasteiger partial charge in [0, 0.05) is 42.8 Å². The van der Waals surface area contributed by atoms with E-state index in [9.17, 15) is 0 Å². The molecule has 0 saturated carbocycles. The predicted octanol–water partition coefficient (Wildman–Crippen LogP) is 5.19. The number of hydrogen-bond acceptors (Lipinski definition) is 3. The highest BCUT2D eigenvalue weighted by atomic mass is 35.5. The van der Waals surface area contributed by atoms with Gasteiger partial charge >= 0.3 is 0 Å². The number of piperazine rings is 1. The molecular weight excluding hydrogens is 450 g/mol. The smallest absolute Gasteiger partial charge is 0.108 e. The summed E-state index contributed by atoms with van der Waals surface area (Å²) in [5, 5.41) is 1.44. The number of halogens is 4. The average Bonchev–Trinajstić information content (AvgIpc) is 2.69. The molecule has 0 aliphatic carbocycles. The van der Waals surface area contributed by atoms with Gasteiger partial charge in [-0.3, -0.25) is 9.80 Å². The summed E-state index contributed by atoms with van der Waals surface area (Å²) in [4.78, 5) is 4.73. The van der Waals surface area contributed by atoms with Crippen LogP contribution in [0.15, 0.2) is 48.5 Å². The van der Waals surface area contributed by atoms with Crippen molar-refractivity contribution in [3.8, 4) is 12.3 Å². The summed E-state index contributed by atoms with van der Waals surface area (Å²) in [6.45, 7) is 6.38. The van der Waals surface area contributed by atoms with Gasteiger partial charge in [0.2, 0.25) is 0 Å². The zero-order chi connectivity index (χ0) is 19.1. The second kappa shape index (κ2) is 13.4. The van der Waals surface area contributed by atoms with Crippen LogP contribution in [0.25, 0.3) is 0 Å². The van der Waals surface area contributed by atoms with Gasteiger partial charge in [-0.2, -0.15) is 0 Å². The SMILES string of the molecule is C#CCN1CCN(CCOC(c2ccc(Cl)cc2)c2ccc(Cl)cc2)CC1.Cl.Cl. The van der Waals surface area contributed by atoms with Gasteiger partial charge in [-0.25, -0.2) is 0 Å². The molecule has 0 bridgehead atoms. The van der Waals surface area contributed by atoms with Crippen LogP contribution in [0.1, 0.15) is 17.2 Å². The largest absolute Gasteiger partial charge is 0.367 e. The Labute approximate surface area is 196 Å². The van der Waals surface area contributed by atoms with Crippen LogP contribution in [0, 0.1) is 12.3 Å². The molecule has 0 radical (unpaired) electrons. The van der Waals surface area contributed by atoms with Crippen molar-refractivity contribution in [3.05, 3.63) is 69.7 Å². The first-order valence-electron chi connectivity index (χ1n) is 9.16. The first-order valence-corrected chi connectivity index (χ1v) is 9.92. The van der Waals surface area contributed by atoms with E-state index in [-0.39, 0.29) is 30.9 Å². The molecule has 3 nitrogen and oxygen atoms in total. The summed E-state index contributed by atoms with van der Waals surface area (Å²) in [6.07, 6.45) is 5.26. The second-order valence-corrected chi connectivity index (χ2v) is 7.55. The van der Waals surface area contributed by atoms with Crippen molar-refractivity contribution in [2.24, 2.45) is 0 Å². The Morgan fingerprint density at radius 1 is 0.828 bits per heavy atom. The lowest BCUT2D eigenvalue weighted by Crippen LogP contribution is -2.47. The molecule has 1 saturated heterocycles. The average molecular weight is 476 g/mol. The number of hydrogen-bond donors (Lipinski definition) is 0. The van der Waals surface area contributed by atoms with E-state index in [0.717, 1.165) is 60.4 Å². The lowest BCUT2D eigenvalue weighted by molar-refractivity contribution is 0.0470. The number of rotatable bonds is 7. The summed E-state index contributed by atoms with van der Waals surface area (Å²) in [5.74, 6) is 2.72. The minimum Gasteiger partial charge on any atom is -0.367 e. The summed E-state index contributed by atoms with van der Waals surface area (Å²) in [5.41, 5.74) is 2.17. The highest BCUT2D eigenvalue weighted by Gasteiger charge is 2.18. The summed E-state index contributed by atoms with van der Waals surface area (Å²) in [7, 11) is 0. The predicted molar refractivity (Wildman–Crippen MR) is 127 cm³/mol. The van der Waals surface area contributed by atoms with Crippen LogP contribution in [0.2, 0.25) is 10.0 Å². The number of ether oxygens (including phenoxy) is 1. The summed E-state index contributed by atoms with van der Waals surface area (Å²) < 4.78 is 6.30. The van der Waals surface area contributed by atoms with E-state index in [0.29, 0.717) is 6.61 Å². The van der Waals surface area contributed by atoms with Gasteiger partial charge in [-0.1, -0.05) is 53.4 Å². The molecule has 0 spiro atoms. The molecule has 29 heavy (non-hydrogen) atoms. The molecule has 7 heteroatoms. The van der Waals surface area contributed by atoms with Crippen LogP contribution in [-0.4, -0.2) is 55.7 Å². The van der Waals surface area contributed by atoms with Gasteiger partial charge in [-0.05, 0) is 35.4 Å². The van der Waals surface area contributed by atoms with Gasteiger partial charge in [-0.15, -0.1) is 31.2 Å². The molecule has 1 heterocycles. The minimum atomic E-state index is -0.137. The molecule has 158 valence electrons. The van der Waals surface area contributed by atoms with Crippen molar-refractivity contribution >= 4 is 48.0 Å². The lowest BCUT2D eigenvalue weighted by atomic mass is 10.0. The van der Waals surface area contributed by atoms with Crippen molar-refractivity contribution in [2.75, 3.05) is 45.9 Å². The molecule has 0 aromatic heterocycles. The topological polar surface area (TPSA) is 15.7 Å². The standard InChI is InChI=1S/C22H24Cl2N2O.2ClH/c1-2-11-25-12-14-26(15-13-25)16-17-27-22(18-3-7-20(23)8-4-18)19-5-9-21(24)10-6-19;;/h1,3-10,22H,11-17H2;2*1H. The third kappa shape index (κ3) is 8.00. The van der Waals surface area contributed by atoms with Gasteiger partial charge < -0.3 is 4.74 Å². The Hall–Kier alpha value is -0.960. The maximum atomic E-state index is 6.30. The van der Waals surface area contributed by atoms with E-state index in [1.54, 1.807) is 0 Å². The normalized spacial score (nSPS) is 14.7. The minimum absolute atomic E-state index is 0. The summed E-state index contributed by atoms with van der Waals surface area (Å²) >= 11 is 12.1. The monoisotopic (exact) mass is 474 g/mol. The van der Waals surface area contributed by atoms with Gasteiger partial charge in [0.1, 0.15) is 6.10 Å². The van der Waals surface area contributed by atoms with Gasteiger partial charge in [0.15, 0.2) is 0 Å². The Balaban J connectivity index is 0.00000210. The quantitative estimate of drug-likeness (QED) is 0.512. The van der Waals surface area contributed by atoms with Crippen molar-refractivity contribution in [1.29, 1.82) is 0 Å². The first-order chi connectivity index (χ1) is 13.2. The fraction of sp³-hybridized carbons (Fsp3) is 0.364. The van der Waals surface area contributed by atoms with Crippen LogP contribution in [0.4, 0.5) is 0 Å². The fourth-order valence-corrected chi connectivity index (χ4v) is 3.51. The maximum Gasteiger partial charge on any atom is 0.108 e. The molecule has 0 unspecified atom stereocenters. The van der Waals surface area contributed by atoms with Crippen LogP contribution in [0.3, 0.4) is 0 Å². The molecule has 1 aliphatic heterocycles. The molecule has 1 aliphatic rings. The third-order valence-electron chi connectivity index (χ3n) is 4.82.